The molecule has 1 aliphatic rings. The zero-order valence-electron chi connectivity index (χ0n) is 15.9. The highest BCUT2D eigenvalue weighted by molar-refractivity contribution is 5.99. The Labute approximate surface area is 175 Å². The molecule has 0 atom stereocenters. The zero-order chi connectivity index (χ0) is 19.5. The lowest BCUT2D eigenvalue weighted by molar-refractivity contribution is 0.0638. The molecule has 150 valence electrons. The number of nitriles is 1. The maximum atomic E-state index is 13.0. The highest BCUT2D eigenvalue weighted by Gasteiger charge is 2.22. The van der Waals surface area contributed by atoms with E-state index in [0.717, 1.165) is 42.5 Å². The molecule has 1 amide bonds. The summed E-state index contributed by atoms with van der Waals surface area (Å²) in [6.45, 7) is 3.90. The van der Waals surface area contributed by atoms with Crippen molar-refractivity contribution in [3.05, 3.63) is 71.2 Å². The molecule has 2 heterocycles. The number of nitrogens with zero attached hydrogens (tertiary/aromatic N) is 3. The molecule has 1 aromatic heterocycles. The number of piperazine rings is 1. The van der Waals surface area contributed by atoms with E-state index in [0.29, 0.717) is 24.2 Å². The van der Waals surface area contributed by atoms with Crippen LogP contribution >= 0.6 is 12.4 Å². The number of amides is 1. The van der Waals surface area contributed by atoms with E-state index in [2.05, 4.69) is 16.0 Å². The van der Waals surface area contributed by atoms with E-state index in [1.54, 1.807) is 12.3 Å². The predicted molar refractivity (Wildman–Crippen MR) is 113 cm³/mol. The molecule has 1 aliphatic heterocycles. The Morgan fingerprint density at radius 3 is 2.52 bits per heavy atom. The van der Waals surface area contributed by atoms with Crippen LogP contribution < -0.4 is 0 Å². The van der Waals surface area contributed by atoms with Crippen molar-refractivity contribution in [3.63, 3.8) is 0 Å². The van der Waals surface area contributed by atoms with Crippen LogP contribution in [0.1, 0.15) is 21.5 Å². The Balaban J connectivity index is 0.00000240. The summed E-state index contributed by atoms with van der Waals surface area (Å²) in [4.78, 5) is 20.1. The molecule has 29 heavy (non-hydrogen) atoms. The fourth-order valence-electron chi connectivity index (χ4n) is 3.64. The SMILES string of the molecule is Cl.N#Cc1c[nH]c2ccc(C(=O)N3CCN(CCc4ccc(F)cc4)CC3)cc12. The van der Waals surface area contributed by atoms with Crippen LogP contribution in [0.2, 0.25) is 0 Å². The minimum Gasteiger partial charge on any atom is -0.360 e. The molecule has 1 fully saturated rings. The molecule has 4 rings (SSSR count). The number of aromatic amines is 1. The molecule has 3 aromatic rings. The lowest BCUT2D eigenvalue weighted by atomic mass is 10.1. The number of halogens is 2. The van der Waals surface area contributed by atoms with Crippen LogP contribution in [0.25, 0.3) is 10.9 Å². The Kier molecular flexibility index (Phi) is 6.53. The summed E-state index contributed by atoms with van der Waals surface area (Å²) in [5.74, 6) is -0.208. The van der Waals surface area contributed by atoms with Crippen molar-refractivity contribution in [3.8, 4) is 6.07 Å². The number of aromatic nitrogens is 1. The smallest absolute Gasteiger partial charge is 0.253 e. The monoisotopic (exact) mass is 412 g/mol. The number of rotatable bonds is 4. The fourth-order valence-corrected chi connectivity index (χ4v) is 3.64. The van der Waals surface area contributed by atoms with Gasteiger partial charge in [0.15, 0.2) is 0 Å². The number of H-pyrrole nitrogens is 1. The van der Waals surface area contributed by atoms with E-state index in [1.807, 2.05) is 29.2 Å². The normalized spacial score (nSPS) is 14.4. The third kappa shape index (κ3) is 4.58. The molecule has 0 radical (unpaired) electrons. The first-order chi connectivity index (χ1) is 13.6. The number of fused-ring (bicyclic) bond motifs is 1. The predicted octanol–water partition coefficient (Wildman–Crippen LogP) is 3.60. The van der Waals surface area contributed by atoms with Crippen molar-refractivity contribution in [2.24, 2.45) is 0 Å². The quantitative estimate of drug-likeness (QED) is 0.712. The zero-order valence-corrected chi connectivity index (χ0v) is 16.7. The second-order valence-electron chi connectivity index (χ2n) is 7.08. The summed E-state index contributed by atoms with van der Waals surface area (Å²) in [6.07, 6.45) is 2.54. The summed E-state index contributed by atoms with van der Waals surface area (Å²) >= 11 is 0. The van der Waals surface area contributed by atoms with E-state index in [9.17, 15) is 14.4 Å². The summed E-state index contributed by atoms with van der Waals surface area (Å²) < 4.78 is 13.0. The first-order valence-corrected chi connectivity index (χ1v) is 9.41. The van der Waals surface area contributed by atoms with Gasteiger partial charge in [0.2, 0.25) is 0 Å². The van der Waals surface area contributed by atoms with Gasteiger partial charge in [-0.05, 0) is 42.3 Å². The van der Waals surface area contributed by atoms with E-state index in [-0.39, 0.29) is 24.1 Å². The molecule has 7 heteroatoms. The van der Waals surface area contributed by atoms with Gasteiger partial charge in [0.25, 0.3) is 5.91 Å². The maximum absolute atomic E-state index is 13.0. The van der Waals surface area contributed by atoms with Crippen LogP contribution in [0.15, 0.2) is 48.7 Å². The minimum absolute atomic E-state index is 0. The summed E-state index contributed by atoms with van der Waals surface area (Å²) in [5.41, 5.74) is 3.14. The molecule has 0 aliphatic carbocycles. The van der Waals surface area contributed by atoms with E-state index in [4.69, 9.17) is 0 Å². The van der Waals surface area contributed by atoms with Gasteiger partial charge < -0.3 is 9.88 Å². The summed E-state index contributed by atoms with van der Waals surface area (Å²) in [6, 6.07) is 14.2. The molecule has 2 aromatic carbocycles. The van der Waals surface area contributed by atoms with Gasteiger partial charge in [0.1, 0.15) is 11.9 Å². The lowest BCUT2D eigenvalue weighted by Gasteiger charge is -2.34. The molecule has 0 bridgehead atoms. The van der Waals surface area contributed by atoms with E-state index < -0.39 is 0 Å². The van der Waals surface area contributed by atoms with Gasteiger partial charge >= 0.3 is 0 Å². The van der Waals surface area contributed by atoms with Gasteiger partial charge in [-0.1, -0.05) is 12.1 Å². The Morgan fingerprint density at radius 2 is 1.83 bits per heavy atom. The topological polar surface area (TPSA) is 63.1 Å². The molecule has 1 N–H and O–H groups in total. The van der Waals surface area contributed by atoms with E-state index >= 15 is 0 Å². The lowest BCUT2D eigenvalue weighted by Crippen LogP contribution is -2.49. The third-order valence-corrected chi connectivity index (χ3v) is 5.34. The number of hydrogen-bond donors (Lipinski definition) is 1. The number of benzene rings is 2. The fraction of sp³-hybridized carbons (Fsp3) is 0.273. The van der Waals surface area contributed by atoms with Gasteiger partial charge in [-0.2, -0.15) is 5.26 Å². The minimum atomic E-state index is -0.212. The highest BCUT2D eigenvalue weighted by Crippen LogP contribution is 2.20. The molecule has 0 spiro atoms. The average molecular weight is 413 g/mol. The third-order valence-electron chi connectivity index (χ3n) is 5.34. The van der Waals surface area contributed by atoms with Crippen molar-refractivity contribution < 1.29 is 9.18 Å². The van der Waals surface area contributed by atoms with Crippen LogP contribution in [0.5, 0.6) is 0 Å². The average Bonchev–Trinajstić information content (AvgIpc) is 3.15. The van der Waals surface area contributed by atoms with Gasteiger partial charge in [-0.15, -0.1) is 12.4 Å². The largest absolute Gasteiger partial charge is 0.360 e. The van der Waals surface area contributed by atoms with Gasteiger partial charge in [0.05, 0.1) is 5.56 Å². The first-order valence-electron chi connectivity index (χ1n) is 9.41. The number of nitrogens with one attached hydrogen (secondary N) is 1. The Hall–Kier alpha value is -2.88. The van der Waals surface area contributed by atoms with E-state index in [1.165, 1.54) is 12.1 Å². The number of carbonyl (C=O) groups is 1. The Bertz CT molecular complexity index is 1030. The van der Waals surface area contributed by atoms with Gasteiger partial charge in [-0.25, -0.2) is 4.39 Å². The van der Waals surface area contributed by atoms with Gasteiger partial charge in [0, 0.05) is 55.4 Å². The molecule has 5 nitrogen and oxygen atoms in total. The second kappa shape index (κ2) is 9.08. The number of carbonyl (C=O) groups excluding carboxylic acids is 1. The summed E-state index contributed by atoms with van der Waals surface area (Å²) in [7, 11) is 0. The number of hydrogen-bond acceptors (Lipinski definition) is 3. The molecule has 1 saturated heterocycles. The highest BCUT2D eigenvalue weighted by atomic mass is 35.5. The Morgan fingerprint density at radius 1 is 1.10 bits per heavy atom. The van der Waals surface area contributed by atoms with Crippen molar-refractivity contribution in [1.29, 1.82) is 5.26 Å². The van der Waals surface area contributed by atoms with Crippen LogP contribution in [0, 0.1) is 17.1 Å². The molecular formula is C22H22ClFN4O. The standard InChI is InChI=1S/C22H21FN4O.ClH/c23-19-4-1-16(2-5-19)7-8-26-9-11-27(12-10-26)22(28)17-3-6-21-20(13-17)18(14-24)15-25-21;/h1-6,13,15,25H,7-12H2;1H. The first kappa shape index (κ1) is 20.8. The van der Waals surface area contributed by atoms with Crippen molar-refractivity contribution in [1.82, 2.24) is 14.8 Å². The summed E-state index contributed by atoms with van der Waals surface area (Å²) in [5, 5.41) is 9.97. The maximum Gasteiger partial charge on any atom is 0.253 e. The second-order valence-corrected chi connectivity index (χ2v) is 7.08. The van der Waals surface area contributed by atoms with Crippen molar-refractivity contribution in [2.45, 2.75) is 6.42 Å². The van der Waals surface area contributed by atoms with Crippen LogP contribution in [-0.2, 0) is 6.42 Å². The van der Waals surface area contributed by atoms with Crippen molar-refractivity contribution in [2.75, 3.05) is 32.7 Å². The molecular weight excluding hydrogens is 391 g/mol. The van der Waals surface area contributed by atoms with Gasteiger partial charge in [-0.3, -0.25) is 9.69 Å². The van der Waals surface area contributed by atoms with Crippen LogP contribution in [0.3, 0.4) is 0 Å². The van der Waals surface area contributed by atoms with Crippen LogP contribution in [0.4, 0.5) is 4.39 Å². The molecule has 0 unspecified atom stereocenters. The van der Waals surface area contributed by atoms with Crippen molar-refractivity contribution >= 4 is 29.2 Å². The van der Waals surface area contributed by atoms with Crippen LogP contribution in [-0.4, -0.2) is 53.4 Å². The molecule has 0 saturated carbocycles.